The highest BCUT2D eigenvalue weighted by molar-refractivity contribution is 5.91. The molecule has 144 valence electrons. The van der Waals surface area contributed by atoms with E-state index in [1.165, 1.54) is 0 Å². The van der Waals surface area contributed by atoms with Gasteiger partial charge in [0.2, 0.25) is 0 Å². The van der Waals surface area contributed by atoms with Crippen LogP contribution in [0.2, 0.25) is 0 Å². The van der Waals surface area contributed by atoms with Crippen LogP contribution in [0.3, 0.4) is 0 Å². The molecule has 0 spiro atoms. The first kappa shape index (κ1) is 19.1. The Bertz CT molecular complexity index is 681. The molecule has 3 aliphatic rings. The first-order valence-electron chi connectivity index (χ1n) is 8.86. The maximum atomic E-state index is 12.2. The van der Waals surface area contributed by atoms with E-state index in [4.69, 9.17) is 14.2 Å². The standard InChI is InChI=1S/C19H26O7/c1-9(2)16(21)25-13-7-18(5)14(20)8-19(23,26-18)10(3)6-12-15(13)11(4)17(22)24-12/h6,9,12-15,20,23H,4,7-8H2,1-3,5H3/b10-6-/t12-,13-,14+,15+,18+,19+/m1/s1. The second-order valence-electron chi connectivity index (χ2n) is 8.02. The lowest BCUT2D eigenvalue weighted by atomic mass is 9.80. The van der Waals surface area contributed by atoms with Crippen molar-refractivity contribution in [1.29, 1.82) is 0 Å². The highest BCUT2D eigenvalue weighted by Crippen LogP contribution is 2.48. The summed E-state index contributed by atoms with van der Waals surface area (Å²) in [5.74, 6) is -3.60. The Morgan fingerprint density at radius 2 is 2.08 bits per heavy atom. The van der Waals surface area contributed by atoms with Gasteiger partial charge < -0.3 is 24.4 Å². The van der Waals surface area contributed by atoms with Crippen LogP contribution >= 0.6 is 0 Å². The van der Waals surface area contributed by atoms with Crippen molar-refractivity contribution in [3.8, 4) is 0 Å². The van der Waals surface area contributed by atoms with Gasteiger partial charge in [0, 0.05) is 18.4 Å². The van der Waals surface area contributed by atoms with Gasteiger partial charge in [0.05, 0.1) is 23.5 Å². The average molecular weight is 366 g/mol. The molecule has 2 bridgehead atoms. The van der Waals surface area contributed by atoms with Crippen LogP contribution in [0.25, 0.3) is 0 Å². The van der Waals surface area contributed by atoms with Gasteiger partial charge >= 0.3 is 11.9 Å². The molecule has 3 rings (SSSR count). The fourth-order valence-electron chi connectivity index (χ4n) is 3.88. The van der Waals surface area contributed by atoms with Crippen molar-refractivity contribution in [2.24, 2.45) is 11.8 Å². The number of rotatable bonds is 2. The molecule has 2 fully saturated rings. The van der Waals surface area contributed by atoms with Crippen molar-refractivity contribution >= 4 is 11.9 Å². The zero-order valence-electron chi connectivity index (χ0n) is 15.5. The number of fused-ring (bicyclic) bond motifs is 3. The van der Waals surface area contributed by atoms with E-state index in [0.29, 0.717) is 5.57 Å². The molecule has 3 heterocycles. The largest absolute Gasteiger partial charge is 0.461 e. The molecule has 26 heavy (non-hydrogen) atoms. The SMILES string of the molecule is C=C1C(=O)O[C@@H]2/C=C(/C)[C@]3(O)C[C@H](O)[C@](C)(C[C@@H](OC(=O)C(C)C)[C@@H]12)O3. The van der Waals surface area contributed by atoms with Crippen LogP contribution in [0, 0.1) is 11.8 Å². The summed E-state index contributed by atoms with van der Waals surface area (Å²) in [6, 6.07) is 0. The maximum absolute atomic E-state index is 12.2. The highest BCUT2D eigenvalue weighted by Gasteiger charge is 2.58. The summed E-state index contributed by atoms with van der Waals surface area (Å²) < 4.78 is 16.9. The van der Waals surface area contributed by atoms with Gasteiger partial charge in [-0.05, 0) is 25.5 Å². The van der Waals surface area contributed by atoms with Gasteiger partial charge in [-0.1, -0.05) is 20.4 Å². The average Bonchev–Trinajstić information content (AvgIpc) is 2.93. The highest BCUT2D eigenvalue weighted by atomic mass is 16.7. The van der Waals surface area contributed by atoms with E-state index < -0.39 is 47.6 Å². The summed E-state index contributed by atoms with van der Waals surface area (Å²) in [7, 11) is 0. The number of esters is 2. The fraction of sp³-hybridized carbons (Fsp3) is 0.684. The molecule has 3 aliphatic heterocycles. The topological polar surface area (TPSA) is 102 Å². The van der Waals surface area contributed by atoms with Crippen molar-refractivity contribution in [2.75, 3.05) is 0 Å². The molecule has 0 unspecified atom stereocenters. The zero-order chi connectivity index (χ0) is 19.4. The maximum Gasteiger partial charge on any atom is 0.334 e. The van der Waals surface area contributed by atoms with Gasteiger partial charge in [-0.2, -0.15) is 0 Å². The molecule has 0 aromatic heterocycles. The number of aliphatic hydroxyl groups excluding tert-OH is 1. The molecule has 2 N–H and O–H groups in total. The third-order valence-corrected chi connectivity index (χ3v) is 5.61. The third-order valence-electron chi connectivity index (χ3n) is 5.61. The molecule has 0 radical (unpaired) electrons. The number of carbonyl (C=O) groups excluding carboxylic acids is 2. The van der Waals surface area contributed by atoms with Crippen molar-refractivity contribution < 1.29 is 34.0 Å². The quantitative estimate of drug-likeness (QED) is 0.430. The molecule has 2 saturated heterocycles. The van der Waals surface area contributed by atoms with E-state index >= 15 is 0 Å². The molecular formula is C19H26O7. The second kappa shape index (κ2) is 6.18. The van der Waals surface area contributed by atoms with E-state index in [1.807, 2.05) is 0 Å². The van der Waals surface area contributed by atoms with Gasteiger partial charge in [0.25, 0.3) is 0 Å². The Labute approximate surface area is 152 Å². The van der Waals surface area contributed by atoms with E-state index in [-0.39, 0.29) is 24.3 Å². The van der Waals surface area contributed by atoms with Crippen LogP contribution in [0.15, 0.2) is 23.8 Å². The van der Waals surface area contributed by atoms with E-state index in [0.717, 1.165) is 0 Å². The van der Waals surface area contributed by atoms with Crippen molar-refractivity contribution in [3.05, 3.63) is 23.8 Å². The lowest BCUT2D eigenvalue weighted by molar-refractivity contribution is -0.209. The monoisotopic (exact) mass is 366 g/mol. The normalized spacial score (nSPS) is 44.5. The smallest absolute Gasteiger partial charge is 0.334 e. The lowest BCUT2D eigenvalue weighted by Gasteiger charge is -2.34. The van der Waals surface area contributed by atoms with Gasteiger partial charge in [0.1, 0.15) is 12.2 Å². The molecular weight excluding hydrogens is 340 g/mol. The van der Waals surface area contributed by atoms with Crippen LogP contribution in [-0.4, -0.2) is 51.9 Å². The van der Waals surface area contributed by atoms with Crippen LogP contribution < -0.4 is 0 Å². The summed E-state index contributed by atoms with van der Waals surface area (Å²) in [4.78, 5) is 24.3. The lowest BCUT2D eigenvalue weighted by Crippen LogP contribution is -2.45. The number of carbonyl (C=O) groups is 2. The minimum atomic E-state index is -1.66. The Morgan fingerprint density at radius 1 is 1.42 bits per heavy atom. The Morgan fingerprint density at radius 3 is 2.69 bits per heavy atom. The van der Waals surface area contributed by atoms with E-state index in [2.05, 4.69) is 6.58 Å². The summed E-state index contributed by atoms with van der Waals surface area (Å²) in [6.45, 7) is 10.6. The van der Waals surface area contributed by atoms with E-state index in [1.54, 1.807) is 33.8 Å². The molecule has 6 atom stereocenters. The number of ether oxygens (including phenoxy) is 3. The van der Waals surface area contributed by atoms with Crippen molar-refractivity contribution in [3.63, 3.8) is 0 Å². The Hall–Kier alpha value is -1.70. The Balaban J connectivity index is 2.06. The van der Waals surface area contributed by atoms with Gasteiger partial charge in [-0.25, -0.2) is 4.79 Å². The minimum absolute atomic E-state index is 0.0110. The molecule has 0 aliphatic carbocycles. The van der Waals surface area contributed by atoms with Gasteiger partial charge in [0.15, 0.2) is 5.79 Å². The number of hydrogen-bond donors (Lipinski definition) is 2. The third kappa shape index (κ3) is 2.98. The van der Waals surface area contributed by atoms with E-state index in [9.17, 15) is 19.8 Å². The molecule has 7 heteroatoms. The van der Waals surface area contributed by atoms with Crippen LogP contribution in [0.4, 0.5) is 0 Å². The summed E-state index contributed by atoms with van der Waals surface area (Å²) in [5.41, 5.74) is -0.496. The molecule has 0 saturated carbocycles. The van der Waals surface area contributed by atoms with Crippen LogP contribution in [0.1, 0.15) is 40.5 Å². The molecule has 0 aromatic rings. The number of hydrogen-bond acceptors (Lipinski definition) is 7. The molecule has 7 nitrogen and oxygen atoms in total. The first-order chi connectivity index (χ1) is 12.0. The van der Waals surface area contributed by atoms with Crippen molar-refractivity contribution in [1.82, 2.24) is 0 Å². The summed E-state index contributed by atoms with van der Waals surface area (Å²) in [6.07, 6.45) is -0.763. The van der Waals surface area contributed by atoms with Crippen LogP contribution in [0.5, 0.6) is 0 Å². The molecule has 0 amide bonds. The number of aliphatic hydroxyl groups is 2. The second-order valence-corrected chi connectivity index (χ2v) is 8.02. The predicted octanol–water partition coefficient (Wildman–Crippen LogP) is 1.23. The Kier molecular flexibility index (Phi) is 4.53. The van der Waals surface area contributed by atoms with Gasteiger partial charge in [-0.3, -0.25) is 4.79 Å². The van der Waals surface area contributed by atoms with Gasteiger partial charge in [-0.15, -0.1) is 0 Å². The molecule has 0 aromatic carbocycles. The zero-order valence-corrected chi connectivity index (χ0v) is 15.5. The predicted molar refractivity (Wildman–Crippen MR) is 90.7 cm³/mol. The first-order valence-corrected chi connectivity index (χ1v) is 8.86. The minimum Gasteiger partial charge on any atom is -0.461 e. The van der Waals surface area contributed by atoms with Crippen molar-refractivity contribution in [2.45, 2.75) is 70.2 Å². The summed E-state index contributed by atoms with van der Waals surface area (Å²) >= 11 is 0. The summed E-state index contributed by atoms with van der Waals surface area (Å²) in [5, 5.41) is 21.4. The van der Waals surface area contributed by atoms with Crippen LogP contribution in [-0.2, 0) is 23.8 Å². The fourth-order valence-corrected chi connectivity index (χ4v) is 3.88.